The Labute approximate surface area is 106 Å². The van der Waals surface area contributed by atoms with Crippen LogP contribution in [0.15, 0.2) is 36.4 Å². The Morgan fingerprint density at radius 1 is 1.28 bits per heavy atom. The maximum atomic E-state index is 8.78. The number of nitriles is 1. The molecule has 1 aromatic heterocycles. The summed E-state index contributed by atoms with van der Waals surface area (Å²) in [5.41, 5.74) is 2.35. The fraction of sp³-hybridized carbons (Fsp3) is 0.143. The number of hydrogen-bond donors (Lipinski definition) is 1. The molecule has 1 N–H and O–H groups in total. The van der Waals surface area contributed by atoms with E-state index < -0.39 is 0 Å². The van der Waals surface area contributed by atoms with Gasteiger partial charge in [0.05, 0.1) is 7.11 Å². The van der Waals surface area contributed by atoms with Crippen LogP contribution in [0.3, 0.4) is 0 Å². The van der Waals surface area contributed by atoms with Crippen LogP contribution in [0, 0.1) is 18.3 Å². The quantitative estimate of drug-likeness (QED) is 0.894. The minimum absolute atomic E-state index is 0.394. The molecule has 0 amide bonds. The maximum Gasteiger partial charge on any atom is 0.142 e. The molecule has 0 aliphatic heterocycles. The second kappa shape index (κ2) is 5.19. The molecule has 2 aromatic rings. The highest BCUT2D eigenvalue weighted by atomic mass is 16.5. The second-order valence-electron chi connectivity index (χ2n) is 3.83. The summed E-state index contributed by atoms with van der Waals surface area (Å²) in [5, 5.41) is 11.9. The highest BCUT2D eigenvalue weighted by Gasteiger charge is 2.01. The van der Waals surface area contributed by atoms with E-state index in [-0.39, 0.29) is 0 Å². The van der Waals surface area contributed by atoms with Crippen molar-refractivity contribution in [3.05, 3.63) is 47.7 Å². The van der Waals surface area contributed by atoms with Gasteiger partial charge in [0.25, 0.3) is 0 Å². The van der Waals surface area contributed by atoms with Gasteiger partial charge in [-0.05, 0) is 42.8 Å². The van der Waals surface area contributed by atoms with Crippen molar-refractivity contribution < 1.29 is 4.74 Å². The molecule has 4 nitrogen and oxygen atoms in total. The lowest BCUT2D eigenvalue weighted by Crippen LogP contribution is -1.96. The Balaban J connectivity index is 2.23. The van der Waals surface area contributed by atoms with Crippen molar-refractivity contribution in [1.29, 1.82) is 5.26 Å². The Bertz CT molecular complexity index is 602. The lowest BCUT2D eigenvalue weighted by molar-refractivity contribution is 0.412. The molecule has 0 saturated heterocycles. The van der Waals surface area contributed by atoms with Crippen LogP contribution in [-0.2, 0) is 0 Å². The molecule has 0 spiro atoms. The van der Waals surface area contributed by atoms with Gasteiger partial charge >= 0.3 is 0 Å². The van der Waals surface area contributed by atoms with Crippen molar-refractivity contribution in [2.24, 2.45) is 0 Å². The molecule has 18 heavy (non-hydrogen) atoms. The fourth-order valence-electron chi connectivity index (χ4n) is 1.67. The van der Waals surface area contributed by atoms with Crippen LogP contribution in [0.25, 0.3) is 0 Å². The third-order valence-corrected chi connectivity index (χ3v) is 2.53. The monoisotopic (exact) mass is 239 g/mol. The molecule has 0 aliphatic rings. The zero-order valence-corrected chi connectivity index (χ0v) is 10.3. The molecule has 0 saturated carbocycles. The molecule has 0 aliphatic carbocycles. The van der Waals surface area contributed by atoms with E-state index in [0.717, 1.165) is 17.0 Å². The van der Waals surface area contributed by atoms with Gasteiger partial charge in [-0.1, -0.05) is 6.07 Å². The van der Waals surface area contributed by atoms with E-state index in [1.54, 1.807) is 19.2 Å². The van der Waals surface area contributed by atoms with Crippen LogP contribution in [0.1, 0.15) is 11.3 Å². The van der Waals surface area contributed by atoms with Crippen molar-refractivity contribution >= 4 is 11.5 Å². The van der Waals surface area contributed by atoms with E-state index in [9.17, 15) is 0 Å². The van der Waals surface area contributed by atoms with Gasteiger partial charge < -0.3 is 10.1 Å². The number of ether oxygens (including phenoxy) is 1. The van der Waals surface area contributed by atoms with Gasteiger partial charge in [-0.15, -0.1) is 0 Å². The van der Waals surface area contributed by atoms with Crippen molar-refractivity contribution in [3.63, 3.8) is 0 Å². The first-order chi connectivity index (χ1) is 8.72. The number of hydrogen-bond acceptors (Lipinski definition) is 4. The molecule has 0 unspecified atom stereocenters. The first kappa shape index (κ1) is 11.9. The van der Waals surface area contributed by atoms with Crippen molar-refractivity contribution in [2.75, 3.05) is 12.4 Å². The molecule has 1 aromatic carbocycles. The molecule has 4 heteroatoms. The van der Waals surface area contributed by atoms with Crippen LogP contribution in [-0.4, -0.2) is 12.1 Å². The molecular weight excluding hydrogens is 226 g/mol. The normalized spacial score (nSPS) is 9.61. The molecule has 1 heterocycles. The predicted molar refractivity (Wildman–Crippen MR) is 70.0 cm³/mol. The highest BCUT2D eigenvalue weighted by molar-refractivity contribution is 5.59. The van der Waals surface area contributed by atoms with Crippen LogP contribution in [0.2, 0.25) is 0 Å². The highest BCUT2D eigenvalue weighted by Crippen LogP contribution is 2.23. The lowest BCUT2D eigenvalue weighted by atomic mass is 10.2. The van der Waals surface area contributed by atoms with Crippen molar-refractivity contribution in [1.82, 2.24) is 4.98 Å². The van der Waals surface area contributed by atoms with Crippen LogP contribution < -0.4 is 10.1 Å². The fourth-order valence-corrected chi connectivity index (χ4v) is 1.67. The summed E-state index contributed by atoms with van der Waals surface area (Å²) in [4.78, 5) is 4.16. The molecule has 90 valence electrons. The molecule has 0 bridgehead atoms. The molecular formula is C14H13N3O. The third kappa shape index (κ3) is 2.58. The molecule has 0 radical (unpaired) electrons. The number of methoxy groups -OCH3 is 1. The van der Waals surface area contributed by atoms with Gasteiger partial charge in [0.1, 0.15) is 23.3 Å². The van der Waals surface area contributed by atoms with Gasteiger partial charge in [0.2, 0.25) is 0 Å². The predicted octanol–water partition coefficient (Wildman–Crippen LogP) is 3.01. The zero-order valence-electron chi connectivity index (χ0n) is 10.3. The summed E-state index contributed by atoms with van der Waals surface area (Å²) >= 11 is 0. The standard InChI is InChI=1S/C14H13N3O/c1-10-8-11(6-7-13(10)18-2)16-14-5-3-4-12(9-15)17-14/h3-8H,1-2H3,(H,16,17). The number of benzene rings is 1. The Morgan fingerprint density at radius 3 is 2.78 bits per heavy atom. The van der Waals surface area contributed by atoms with Crippen LogP contribution >= 0.6 is 0 Å². The Hall–Kier alpha value is -2.54. The summed E-state index contributed by atoms with van der Waals surface area (Å²) in [7, 11) is 1.65. The van der Waals surface area contributed by atoms with Gasteiger partial charge in [0.15, 0.2) is 0 Å². The van der Waals surface area contributed by atoms with Gasteiger partial charge in [-0.25, -0.2) is 4.98 Å². The number of rotatable bonds is 3. The van der Waals surface area contributed by atoms with Crippen LogP contribution in [0.5, 0.6) is 5.75 Å². The maximum absolute atomic E-state index is 8.78. The van der Waals surface area contributed by atoms with E-state index in [4.69, 9.17) is 10.00 Å². The van der Waals surface area contributed by atoms with E-state index in [0.29, 0.717) is 11.5 Å². The number of nitrogens with one attached hydrogen (secondary N) is 1. The summed E-state index contributed by atoms with van der Waals surface area (Å²) in [6.45, 7) is 1.98. The Morgan fingerprint density at radius 2 is 2.11 bits per heavy atom. The van der Waals surface area contributed by atoms with Gasteiger partial charge in [0, 0.05) is 5.69 Å². The van der Waals surface area contributed by atoms with Gasteiger partial charge in [-0.2, -0.15) is 5.26 Å². The summed E-state index contributed by atoms with van der Waals surface area (Å²) in [5.74, 6) is 1.50. The average Bonchev–Trinajstić information content (AvgIpc) is 2.39. The van der Waals surface area contributed by atoms with Crippen LogP contribution in [0.4, 0.5) is 11.5 Å². The average molecular weight is 239 g/mol. The number of aryl methyl sites for hydroxylation is 1. The topological polar surface area (TPSA) is 57.9 Å². The minimum Gasteiger partial charge on any atom is -0.496 e. The smallest absolute Gasteiger partial charge is 0.142 e. The van der Waals surface area contributed by atoms with E-state index >= 15 is 0 Å². The molecule has 0 atom stereocenters. The SMILES string of the molecule is COc1ccc(Nc2cccc(C#N)n2)cc1C. The Kier molecular flexibility index (Phi) is 3.44. The van der Waals surface area contributed by atoms with Gasteiger partial charge in [-0.3, -0.25) is 0 Å². The van der Waals surface area contributed by atoms with Crippen molar-refractivity contribution in [3.8, 4) is 11.8 Å². The zero-order chi connectivity index (χ0) is 13.0. The summed E-state index contributed by atoms with van der Waals surface area (Å²) in [6, 6.07) is 13.1. The first-order valence-corrected chi connectivity index (χ1v) is 5.52. The number of pyridine rings is 1. The minimum atomic E-state index is 0.394. The largest absolute Gasteiger partial charge is 0.496 e. The number of anilines is 2. The first-order valence-electron chi connectivity index (χ1n) is 5.52. The molecule has 2 rings (SSSR count). The summed E-state index contributed by atoms with van der Waals surface area (Å²) < 4.78 is 5.20. The lowest BCUT2D eigenvalue weighted by Gasteiger charge is -2.09. The van der Waals surface area contributed by atoms with Crippen molar-refractivity contribution in [2.45, 2.75) is 6.92 Å². The third-order valence-electron chi connectivity index (χ3n) is 2.53. The van der Waals surface area contributed by atoms with E-state index in [1.807, 2.05) is 37.3 Å². The van der Waals surface area contributed by atoms with E-state index in [1.165, 1.54) is 0 Å². The second-order valence-corrected chi connectivity index (χ2v) is 3.83. The molecule has 0 fully saturated rings. The number of aromatic nitrogens is 1. The summed E-state index contributed by atoms with van der Waals surface area (Å²) in [6.07, 6.45) is 0. The number of nitrogens with zero attached hydrogens (tertiary/aromatic N) is 2. The van der Waals surface area contributed by atoms with E-state index in [2.05, 4.69) is 10.3 Å².